The van der Waals surface area contributed by atoms with Gasteiger partial charge in [0.1, 0.15) is 12.2 Å². The lowest BCUT2D eigenvalue weighted by molar-refractivity contribution is -0.384. The molecule has 120 valence electrons. The molecule has 0 aliphatic rings. The van der Waals surface area contributed by atoms with Crippen molar-refractivity contribution in [2.24, 2.45) is 0 Å². The molecule has 1 heterocycles. The van der Waals surface area contributed by atoms with E-state index in [1.807, 2.05) is 30.3 Å². The summed E-state index contributed by atoms with van der Waals surface area (Å²) in [5, 5.41) is 16.2. The van der Waals surface area contributed by atoms with Crippen LogP contribution < -0.4 is 16.4 Å². The number of amides is 1. The molecule has 0 fully saturated rings. The first-order valence-electron chi connectivity index (χ1n) is 6.82. The molecule has 0 bridgehead atoms. The van der Waals surface area contributed by atoms with Crippen LogP contribution in [0.25, 0.3) is 0 Å². The number of nitrogens with one attached hydrogen (secondary N) is 2. The second-order valence-electron chi connectivity index (χ2n) is 4.79. The number of benzene rings is 1. The van der Waals surface area contributed by atoms with Crippen molar-refractivity contribution in [3.63, 3.8) is 0 Å². The number of nitrogens with zero attached hydrogens (tertiary/aromatic N) is 3. The van der Waals surface area contributed by atoms with Crippen molar-refractivity contribution in [1.82, 2.24) is 15.3 Å². The fourth-order valence-electron chi connectivity index (χ4n) is 1.80. The summed E-state index contributed by atoms with van der Waals surface area (Å²) in [6.45, 7) is 2.02. The molecule has 1 aromatic carbocycles. The van der Waals surface area contributed by atoms with Crippen LogP contribution in [0.1, 0.15) is 12.5 Å². The van der Waals surface area contributed by atoms with Crippen LogP contribution in [-0.4, -0.2) is 26.8 Å². The Morgan fingerprint density at radius 3 is 2.70 bits per heavy atom. The van der Waals surface area contributed by atoms with Crippen molar-refractivity contribution in [3.8, 4) is 0 Å². The minimum absolute atomic E-state index is 0.0514. The van der Waals surface area contributed by atoms with E-state index in [0.29, 0.717) is 6.54 Å². The van der Waals surface area contributed by atoms with E-state index in [4.69, 9.17) is 5.73 Å². The number of anilines is 2. The van der Waals surface area contributed by atoms with Crippen molar-refractivity contribution in [2.45, 2.75) is 19.5 Å². The van der Waals surface area contributed by atoms with E-state index in [9.17, 15) is 14.9 Å². The predicted octanol–water partition coefficient (Wildman–Crippen LogP) is 1.08. The van der Waals surface area contributed by atoms with Gasteiger partial charge in [-0.1, -0.05) is 30.3 Å². The van der Waals surface area contributed by atoms with Crippen LogP contribution in [0.4, 0.5) is 17.5 Å². The molecule has 23 heavy (non-hydrogen) atoms. The molecule has 0 saturated carbocycles. The van der Waals surface area contributed by atoms with E-state index in [2.05, 4.69) is 20.6 Å². The van der Waals surface area contributed by atoms with Crippen LogP contribution in [0.15, 0.2) is 36.5 Å². The van der Waals surface area contributed by atoms with Gasteiger partial charge in [0.05, 0.1) is 4.92 Å². The van der Waals surface area contributed by atoms with E-state index in [1.54, 1.807) is 6.92 Å². The zero-order chi connectivity index (χ0) is 16.8. The molecule has 0 radical (unpaired) electrons. The monoisotopic (exact) mass is 316 g/mol. The highest BCUT2D eigenvalue weighted by molar-refractivity contribution is 5.83. The van der Waals surface area contributed by atoms with Crippen LogP contribution in [0.5, 0.6) is 0 Å². The summed E-state index contributed by atoms with van der Waals surface area (Å²) in [4.78, 5) is 29.5. The molecular weight excluding hydrogens is 300 g/mol. The lowest BCUT2D eigenvalue weighted by Gasteiger charge is -2.14. The van der Waals surface area contributed by atoms with Gasteiger partial charge in [0.25, 0.3) is 0 Å². The summed E-state index contributed by atoms with van der Waals surface area (Å²) < 4.78 is 0. The van der Waals surface area contributed by atoms with E-state index < -0.39 is 11.0 Å². The molecule has 9 nitrogen and oxygen atoms in total. The van der Waals surface area contributed by atoms with Crippen molar-refractivity contribution < 1.29 is 9.72 Å². The maximum Gasteiger partial charge on any atom is 0.329 e. The molecule has 4 N–H and O–H groups in total. The average molecular weight is 316 g/mol. The lowest BCUT2D eigenvalue weighted by Crippen LogP contribution is -2.37. The van der Waals surface area contributed by atoms with Gasteiger partial charge in [0, 0.05) is 6.54 Å². The van der Waals surface area contributed by atoms with Gasteiger partial charge in [-0.3, -0.25) is 14.9 Å². The molecule has 2 rings (SSSR count). The molecule has 1 amide bonds. The zero-order valence-corrected chi connectivity index (χ0v) is 12.4. The Hall–Kier alpha value is -3.23. The fourth-order valence-corrected chi connectivity index (χ4v) is 1.80. The molecule has 1 unspecified atom stereocenters. The summed E-state index contributed by atoms with van der Waals surface area (Å²) in [6, 6.07) is 8.84. The standard InChI is InChI=1S/C14H16N6O3/c1-9(13(21)16-7-10-5-3-2-4-6-10)18-14-17-8-11(20(22)23)12(15)19-14/h2-6,8-9H,7H2,1H3,(H,16,21)(H3,15,17,18,19). The molecule has 0 aliphatic heterocycles. The second-order valence-corrected chi connectivity index (χ2v) is 4.79. The molecule has 1 atom stereocenters. The van der Waals surface area contributed by atoms with Gasteiger partial charge >= 0.3 is 5.69 Å². The van der Waals surface area contributed by atoms with Gasteiger partial charge in [-0.05, 0) is 12.5 Å². The van der Waals surface area contributed by atoms with Gasteiger partial charge in [0.2, 0.25) is 17.7 Å². The topological polar surface area (TPSA) is 136 Å². The van der Waals surface area contributed by atoms with Crippen molar-refractivity contribution in [3.05, 3.63) is 52.2 Å². The lowest BCUT2D eigenvalue weighted by atomic mass is 10.2. The minimum atomic E-state index is -0.672. The van der Waals surface area contributed by atoms with Crippen molar-refractivity contribution in [1.29, 1.82) is 0 Å². The van der Waals surface area contributed by atoms with Gasteiger partial charge < -0.3 is 16.4 Å². The van der Waals surface area contributed by atoms with E-state index >= 15 is 0 Å². The fraction of sp³-hybridized carbons (Fsp3) is 0.214. The van der Waals surface area contributed by atoms with Gasteiger partial charge in [0.15, 0.2) is 0 Å². The maximum atomic E-state index is 12.0. The SMILES string of the molecule is CC(Nc1ncc([N+](=O)[O-])c(N)n1)C(=O)NCc1ccccc1. The van der Waals surface area contributed by atoms with Crippen molar-refractivity contribution in [2.75, 3.05) is 11.1 Å². The second kappa shape index (κ2) is 7.16. The number of carbonyl (C=O) groups excluding carboxylic acids is 1. The first-order chi connectivity index (χ1) is 11.0. The Balaban J connectivity index is 1.93. The highest BCUT2D eigenvalue weighted by atomic mass is 16.6. The number of nitro groups is 1. The summed E-state index contributed by atoms with van der Waals surface area (Å²) >= 11 is 0. The average Bonchev–Trinajstić information content (AvgIpc) is 2.53. The van der Waals surface area contributed by atoms with Crippen LogP contribution >= 0.6 is 0 Å². The van der Waals surface area contributed by atoms with Crippen molar-refractivity contribution >= 4 is 23.4 Å². The van der Waals surface area contributed by atoms with Crippen LogP contribution in [0.2, 0.25) is 0 Å². The first-order valence-corrected chi connectivity index (χ1v) is 6.82. The van der Waals surface area contributed by atoms with Gasteiger partial charge in [-0.15, -0.1) is 0 Å². The molecular formula is C14H16N6O3. The smallest absolute Gasteiger partial charge is 0.329 e. The van der Waals surface area contributed by atoms with E-state index in [-0.39, 0.29) is 23.4 Å². The Kier molecular flexibility index (Phi) is 5.03. The highest BCUT2D eigenvalue weighted by Crippen LogP contribution is 2.18. The maximum absolute atomic E-state index is 12.0. The van der Waals surface area contributed by atoms with Crippen LogP contribution in [0, 0.1) is 10.1 Å². The third-order valence-corrected chi connectivity index (χ3v) is 3.04. The third kappa shape index (κ3) is 4.37. The highest BCUT2D eigenvalue weighted by Gasteiger charge is 2.17. The molecule has 9 heteroatoms. The first kappa shape index (κ1) is 16.1. The van der Waals surface area contributed by atoms with Crippen LogP contribution in [-0.2, 0) is 11.3 Å². The predicted molar refractivity (Wildman–Crippen MR) is 84.5 cm³/mol. The van der Waals surface area contributed by atoms with Gasteiger partial charge in [-0.25, -0.2) is 4.98 Å². The molecule has 0 spiro atoms. The summed E-state index contributed by atoms with van der Waals surface area (Å²) in [6.07, 6.45) is 0.999. The third-order valence-electron chi connectivity index (χ3n) is 3.04. The van der Waals surface area contributed by atoms with Gasteiger partial charge in [-0.2, -0.15) is 4.98 Å². The zero-order valence-electron chi connectivity index (χ0n) is 12.4. The number of rotatable bonds is 6. The number of aromatic nitrogens is 2. The largest absolute Gasteiger partial charge is 0.378 e. The minimum Gasteiger partial charge on any atom is -0.378 e. The Morgan fingerprint density at radius 2 is 2.09 bits per heavy atom. The number of nitrogens with two attached hydrogens (primary N) is 1. The summed E-state index contributed by atoms with van der Waals surface area (Å²) in [5.74, 6) is -0.464. The molecule has 0 saturated heterocycles. The number of nitrogen functional groups attached to an aromatic ring is 1. The number of hydrogen-bond acceptors (Lipinski definition) is 7. The molecule has 1 aromatic heterocycles. The van der Waals surface area contributed by atoms with Crippen LogP contribution in [0.3, 0.4) is 0 Å². The Labute approximate surface area is 132 Å². The van der Waals surface area contributed by atoms with E-state index in [0.717, 1.165) is 11.8 Å². The summed E-state index contributed by atoms with van der Waals surface area (Å²) in [5.41, 5.74) is 6.07. The number of carbonyl (C=O) groups is 1. The normalized spacial score (nSPS) is 11.5. The number of hydrogen-bond donors (Lipinski definition) is 3. The Bertz CT molecular complexity index is 707. The Morgan fingerprint density at radius 1 is 1.39 bits per heavy atom. The quantitative estimate of drug-likeness (QED) is 0.536. The molecule has 2 aromatic rings. The van der Waals surface area contributed by atoms with E-state index in [1.165, 1.54) is 0 Å². The molecule has 0 aliphatic carbocycles. The summed E-state index contributed by atoms with van der Waals surface area (Å²) in [7, 11) is 0.